The number of allylic oxidation sites excluding steroid dienone is 10. The fourth-order valence-corrected chi connectivity index (χ4v) is 7.56. The first-order valence-corrected chi connectivity index (χ1v) is 26.8. The molecule has 0 fully saturated rings. The Kier molecular flexibility index (Phi) is 50.9. The molecule has 0 heterocycles. The quantitative estimate of drug-likeness (QED) is 0.0346. The molecule has 0 spiro atoms. The number of carbonyl (C=O) groups excluding carboxylic acids is 2. The van der Waals surface area contributed by atoms with Crippen LogP contribution in [0.4, 0.5) is 0 Å². The maximum absolute atomic E-state index is 12.8. The summed E-state index contributed by atoms with van der Waals surface area (Å²) in [6.07, 6.45) is 66.5. The van der Waals surface area contributed by atoms with Crippen molar-refractivity contribution in [2.45, 2.75) is 271 Å². The van der Waals surface area contributed by atoms with Gasteiger partial charge in [-0.25, -0.2) is 0 Å². The highest BCUT2D eigenvalue weighted by molar-refractivity contribution is 5.70. The first kappa shape index (κ1) is 59.6. The smallest absolute Gasteiger partial charge is 0.306 e. The minimum atomic E-state index is -0.544. The van der Waals surface area contributed by atoms with E-state index in [2.05, 4.69) is 81.5 Å². The minimum Gasteiger partial charge on any atom is -0.462 e. The van der Waals surface area contributed by atoms with Crippen LogP contribution in [-0.2, 0) is 23.8 Å². The van der Waals surface area contributed by atoms with E-state index in [0.29, 0.717) is 19.4 Å². The molecule has 0 bridgehead atoms. The molecule has 0 aromatic rings. The Morgan fingerprint density at radius 3 is 1.19 bits per heavy atom. The Hall–Kier alpha value is -2.40. The second kappa shape index (κ2) is 52.9. The number of hydrogen-bond acceptors (Lipinski definition) is 5. The van der Waals surface area contributed by atoms with Gasteiger partial charge < -0.3 is 14.2 Å². The molecule has 5 nitrogen and oxygen atoms in total. The van der Waals surface area contributed by atoms with Crippen LogP contribution < -0.4 is 0 Å². The third-order valence-corrected chi connectivity index (χ3v) is 11.5. The van der Waals surface area contributed by atoms with Gasteiger partial charge >= 0.3 is 11.9 Å². The summed E-state index contributed by atoms with van der Waals surface area (Å²) in [5.41, 5.74) is 0. The molecule has 0 aliphatic rings. The molecule has 0 aliphatic heterocycles. The minimum absolute atomic E-state index is 0.0761. The van der Waals surface area contributed by atoms with Crippen molar-refractivity contribution in [1.29, 1.82) is 0 Å². The third-order valence-electron chi connectivity index (χ3n) is 11.5. The molecule has 0 amide bonds. The Morgan fingerprint density at radius 1 is 0.371 bits per heavy atom. The first-order valence-electron chi connectivity index (χ1n) is 26.8. The number of rotatable bonds is 49. The van der Waals surface area contributed by atoms with E-state index < -0.39 is 6.10 Å². The zero-order valence-corrected chi connectivity index (χ0v) is 41.4. The van der Waals surface area contributed by atoms with Crippen LogP contribution in [0.2, 0.25) is 0 Å². The van der Waals surface area contributed by atoms with E-state index in [4.69, 9.17) is 14.2 Å². The fourth-order valence-electron chi connectivity index (χ4n) is 7.56. The Bertz CT molecular complexity index is 1070. The lowest BCUT2D eigenvalue weighted by Gasteiger charge is -2.18. The van der Waals surface area contributed by atoms with Crippen LogP contribution in [0.25, 0.3) is 0 Å². The Labute approximate surface area is 385 Å². The van der Waals surface area contributed by atoms with Gasteiger partial charge in [0, 0.05) is 19.4 Å². The highest BCUT2D eigenvalue weighted by Gasteiger charge is 2.17. The summed E-state index contributed by atoms with van der Waals surface area (Å²) in [5.74, 6) is -0.414. The summed E-state index contributed by atoms with van der Waals surface area (Å²) in [6, 6.07) is 0. The van der Waals surface area contributed by atoms with Gasteiger partial charge in [-0.1, -0.05) is 229 Å². The van der Waals surface area contributed by atoms with Gasteiger partial charge in [0.1, 0.15) is 6.61 Å². The number of hydrogen-bond donors (Lipinski definition) is 0. The van der Waals surface area contributed by atoms with Crippen molar-refractivity contribution < 1.29 is 23.8 Å². The molecule has 0 aromatic heterocycles. The third kappa shape index (κ3) is 50.2. The molecule has 0 saturated heterocycles. The van der Waals surface area contributed by atoms with Gasteiger partial charge in [0.2, 0.25) is 0 Å². The largest absolute Gasteiger partial charge is 0.462 e. The highest BCUT2D eigenvalue weighted by atomic mass is 16.6. The zero-order chi connectivity index (χ0) is 44.9. The summed E-state index contributed by atoms with van der Waals surface area (Å²) >= 11 is 0. The molecular weight excluding hydrogens is 765 g/mol. The molecule has 0 saturated carbocycles. The van der Waals surface area contributed by atoms with Crippen LogP contribution in [-0.4, -0.2) is 37.9 Å². The standard InChI is InChI=1S/C57H102O5/c1-4-7-10-13-16-19-22-25-27-28-29-30-31-33-35-38-41-44-47-50-56(58)61-54-55(53-60-52-49-46-43-40-37-34-26-23-20-17-14-11-8-5-2)62-57(59)51-48-45-42-39-36-32-24-21-18-15-12-9-6-3/h7,10,16,19,21,24-25,27,29-30,55H,4-6,8-9,11-15,17-18,20,22-23,26,28,31-54H2,1-3H3/b10-7-,19-16-,24-21-,27-25-,30-29-. The number of esters is 2. The summed E-state index contributed by atoms with van der Waals surface area (Å²) in [6.45, 7) is 7.71. The van der Waals surface area contributed by atoms with Gasteiger partial charge in [0.05, 0.1) is 6.61 Å². The van der Waals surface area contributed by atoms with Crippen molar-refractivity contribution >= 4 is 11.9 Å². The average molecular weight is 867 g/mol. The second-order valence-electron chi connectivity index (χ2n) is 17.8. The molecule has 0 radical (unpaired) electrons. The first-order chi connectivity index (χ1) is 30.6. The summed E-state index contributed by atoms with van der Waals surface area (Å²) < 4.78 is 17.4. The van der Waals surface area contributed by atoms with Gasteiger partial charge in [0.25, 0.3) is 0 Å². The molecular formula is C57H102O5. The summed E-state index contributed by atoms with van der Waals surface area (Å²) in [7, 11) is 0. The van der Waals surface area contributed by atoms with Crippen LogP contribution in [0.1, 0.15) is 265 Å². The average Bonchev–Trinajstić information content (AvgIpc) is 3.27. The van der Waals surface area contributed by atoms with Gasteiger partial charge in [-0.3, -0.25) is 9.59 Å². The molecule has 0 N–H and O–H groups in total. The number of carbonyl (C=O) groups is 2. The van der Waals surface area contributed by atoms with E-state index >= 15 is 0 Å². The molecule has 1 unspecified atom stereocenters. The van der Waals surface area contributed by atoms with Crippen molar-refractivity contribution in [3.8, 4) is 0 Å². The summed E-state index contributed by atoms with van der Waals surface area (Å²) in [4.78, 5) is 25.4. The van der Waals surface area contributed by atoms with E-state index in [1.54, 1.807) is 0 Å². The van der Waals surface area contributed by atoms with Crippen molar-refractivity contribution in [3.63, 3.8) is 0 Å². The lowest BCUT2D eigenvalue weighted by atomic mass is 10.0. The Morgan fingerprint density at radius 2 is 0.726 bits per heavy atom. The van der Waals surface area contributed by atoms with E-state index in [-0.39, 0.29) is 25.2 Å². The lowest BCUT2D eigenvalue weighted by molar-refractivity contribution is -0.163. The molecule has 0 aliphatic carbocycles. The predicted molar refractivity (Wildman–Crippen MR) is 270 cm³/mol. The highest BCUT2D eigenvalue weighted by Crippen LogP contribution is 2.15. The van der Waals surface area contributed by atoms with Gasteiger partial charge in [-0.2, -0.15) is 0 Å². The van der Waals surface area contributed by atoms with Crippen molar-refractivity contribution in [3.05, 3.63) is 60.8 Å². The van der Waals surface area contributed by atoms with Crippen LogP contribution in [0.5, 0.6) is 0 Å². The molecule has 1 atom stereocenters. The van der Waals surface area contributed by atoms with Gasteiger partial charge in [-0.05, 0) is 83.5 Å². The van der Waals surface area contributed by atoms with E-state index in [0.717, 1.165) is 89.9 Å². The number of ether oxygens (including phenoxy) is 3. The van der Waals surface area contributed by atoms with Gasteiger partial charge in [0.15, 0.2) is 6.10 Å². The maximum atomic E-state index is 12.8. The second-order valence-corrected chi connectivity index (χ2v) is 17.8. The van der Waals surface area contributed by atoms with E-state index in [9.17, 15) is 9.59 Å². The number of unbranched alkanes of at least 4 members (excludes halogenated alkanes) is 28. The van der Waals surface area contributed by atoms with E-state index in [1.165, 1.54) is 141 Å². The van der Waals surface area contributed by atoms with Gasteiger partial charge in [-0.15, -0.1) is 0 Å². The molecule has 0 rings (SSSR count). The van der Waals surface area contributed by atoms with Crippen molar-refractivity contribution in [2.75, 3.05) is 19.8 Å². The normalized spacial score (nSPS) is 12.6. The zero-order valence-electron chi connectivity index (χ0n) is 41.4. The van der Waals surface area contributed by atoms with Crippen LogP contribution >= 0.6 is 0 Å². The molecule has 360 valence electrons. The van der Waals surface area contributed by atoms with Crippen molar-refractivity contribution in [1.82, 2.24) is 0 Å². The van der Waals surface area contributed by atoms with Crippen LogP contribution in [0.3, 0.4) is 0 Å². The summed E-state index contributed by atoms with van der Waals surface area (Å²) in [5, 5.41) is 0. The fraction of sp³-hybridized carbons (Fsp3) is 0.789. The Balaban J connectivity index is 4.27. The molecule has 62 heavy (non-hydrogen) atoms. The maximum Gasteiger partial charge on any atom is 0.306 e. The monoisotopic (exact) mass is 867 g/mol. The molecule has 0 aromatic carbocycles. The SMILES string of the molecule is CC/C=C\C/C=C\C/C=C\C/C=C\CCCCCCCCC(=O)OCC(COCCCCCCCCCCCCCCCC)OC(=O)CCCCCCC/C=C\CCCCCC. The van der Waals surface area contributed by atoms with Crippen molar-refractivity contribution in [2.24, 2.45) is 0 Å². The van der Waals surface area contributed by atoms with Crippen LogP contribution in [0, 0.1) is 0 Å². The lowest BCUT2D eigenvalue weighted by Crippen LogP contribution is -2.30. The predicted octanol–water partition coefficient (Wildman–Crippen LogP) is 18.1. The molecule has 5 heteroatoms. The van der Waals surface area contributed by atoms with Crippen LogP contribution in [0.15, 0.2) is 60.8 Å². The van der Waals surface area contributed by atoms with E-state index in [1.807, 2.05) is 0 Å². The topological polar surface area (TPSA) is 61.8 Å².